The lowest BCUT2D eigenvalue weighted by Gasteiger charge is -2.31. The minimum atomic E-state index is 0.388. The van der Waals surface area contributed by atoms with E-state index in [-0.39, 0.29) is 0 Å². The first-order valence-corrected chi connectivity index (χ1v) is 15.4. The lowest BCUT2D eigenvalue weighted by molar-refractivity contribution is 0.336. The number of nitrogens with one attached hydrogen (secondary N) is 1. The Morgan fingerprint density at radius 1 is 0.976 bits per heavy atom. The molecule has 218 valence electrons. The maximum absolute atomic E-state index is 4.74. The summed E-state index contributed by atoms with van der Waals surface area (Å²) in [5.41, 5.74) is 7.66. The van der Waals surface area contributed by atoms with E-state index in [1.54, 1.807) is 0 Å². The van der Waals surface area contributed by atoms with Crippen molar-refractivity contribution in [3.05, 3.63) is 53.6 Å². The van der Waals surface area contributed by atoms with E-state index in [0.29, 0.717) is 17.9 Å². The molecule has 1 aliphatic heterocycles. The lowest BCUT2D eigenvalue weighted by atomic mass is 9.82. The molecule has 1 N–H and O–H groups in total. The molecule has 41 heavy (non-hydrogen) atoms. The summed E-state index contributed by atoms with van der Waals surface area (Å²) < 4.78 is 0. The van der Waals surface area contributed by atoms with Gasteiger partial charge in [-0.15, -0.1) is 5.11 Å². The van der Waals surface area contributed by atoms with E-state index < -0.39 is 0 Å². The van der Waals surface area contributed by atoms with Crippen LogP contribution in [-0.2, 0) is 6.42 Å². The third-order valence-corrected chi connectivity index (χ3v) is 8.66. The molecule has 0 bridgehead atoms. The van der Waals surface area contributed by atoms with E-state index in [9.17, 15) is 0 Å². The number of benzene rings is 1. The zero-order valence-electron chi connectivity index (χ0n) is 25.2. The van der Waals surface area contributed by atoms with Crippen molar-refractivity contribution in [2.24, 2.45) is 16.3 Å². The average molecular weight is 556 g/mol. The number of nitrogens with zero attached hydrogens (tertiary/aromatic N) is 8. The van der Waals surface area contributed by atoms with Gasteiger partial charge in [-0.3, -0.25) is 15.0 Å². The molecular formula is C32H45N9. The number of aromatic nitrogens is 4. The van der Waals surface area contributed by atoms with Crippen LogP contribution in [0.15, 0.2) is 52.8 Å². The van der Waals surface area contributed by atoms with Crippen LogP contribution in [-0.4, -0.2) is 57.7 Å². The largest absolute Gasteiger partial charge is 0.371 e. The van der Waals surface area contributed by atoms with Gasteiger partial charge >= 0.3 is 0 Å². The number of piperidine rings is 1. The highest BCUT2D eigenvalue weighted by Crippen LogP contribution is 2.33. The van der Waals surface area contributed by atoms with Crippen LogP contribution >= 0.6 is 0 Å². The zero-order chi connectivity index (χ0) is 28.6. The first-order valence-electron chi connectivity index (χ1n) is 15.4. The van der Waals surface area contributed by atoms with E-state index in [4.69, 9.17) is 4.98 Å². The summed E-state index contributed by atoms with van der Waals surface area (Å²) in [5.74, 6) is 1.33. The van der Waals surface area contributed by atoms with Crippen molar-refractivity contribution in [1.29, 1.82) is 0 Å². The Bertz CT molecular complexity index is 1340. The van der Waals surface area contributed by atoms with Crippen LogP contribution in [0, 0.1) is 5.92 Å². The molecule has 0 spiro atoms. The Kier molecular flexibility index (Phi) is 9.75. The molecule has 9 nitrogen and oxygen atoms in total. The summed E-state index contributed by atoms with van der Waals surface area (Å²) in [7, 11) is 1.92. The van der Waals surface area contributed by atoms with Crippen molar-refractivity contribution in [2.75, 3.05) is 36.9 Å². The number of fused-ring (bicyclic) bond motifs is 1. The summed E-state index contributed by atoms with van der Waals surface area (Å²) in [6, 6.07) is 5.02. The average Bonchev–Trinajstić information content (AvgIpc) is 3.02. The van der Waals surface area contributed by atoms with Crippen molar-refractivity contribution in [1.82, 2.24) is 24.9 Å². The molecule has 1 saturated heterocycles. The molecule has 3 heterocycles. The van der Waals surface area contributed by atoms with Gasteiger partial charge in [0.15, 0.2) is 0 Å². The first kappa shape index (κ1) is 28.9. The van der Waals surface area contributed by atoms with Crippen LogP contribution in [0.3, 0.4) is 0 Å². The van der Waals surface area contributed by atoms with Gasteiger partial charge in [-0.2, -0.15) is 0 Å². The summed E-state index contributed by atoms with van der Waals surface area (Å²) in [6.45, 7) is 9.35. The fraction of sp³-hybridized carbons (Fsp3) is 0.562. The standard InChI is InChI=1S/C32H45N9/c1-5-23(3)30(38-39-40(4)6-2)26-21-35-32(36-22-26)37-27-12-10-24(11-13-27)18-25-19-28(41-16-8-7-9-17-41)20-29-31(25)34-15-14-33-29/h14-15,19-22,24,27H,5-13,16-18H2,1-4H3,(H,35,36,37)/b30-23+,39-38?. The number of hydrogen-bond donors (Lipinski definition) is 1. The molecule has 0 unspecified atom stereocenters. The van der Waals surface area contributed by atoms with Crippen LogP contribution < -0.4 is 10.2 Å². The van der Waals surface area contributed by atoms with E-state index in [1.165, 1.54) is 48.9 Å². The number of rotatable bonds is 10. The smallest absolute Gasteiger partial charge is 0.222 e. The second-order valence-electron chi connectivity index (χ2n) is 11.6. The van der Waals surface area contributed by atoms with Crippen molar-refractivity contribution >= 4 is 28.4 Å². The summed E-state index contributed by atoms with van der Waals surface area (Å²) in [4.78, 5) is 21.2. The van der Waals surface area contributed by atoms with Crippen LogP contribution in [0.2, 0.25) is 0 Å². The van der Waals surface area contributed by atoms with Gasteiger partial charge in [-0.05, 0) is 101 Å². The lowest BCUT2D eigenvalue weighted by Crippen LogP contribution is -2.29. The highest BCUT2D eigenvalue weighted by atomic mass is 15.5. The van der Waals surface area contributed by atoms with Crippen molar-refractivity contribution < 1.29 is 0 Å². The highest BCUT2D eigenvalue weighted by molar-refractivity contribution is 5.82. The van der Waals surface area contributed by atoms with Gasteiger partial charge in [0.2, 0.25) is 5.95 Å². The van der Waals surface area contributed by atoms with Crippen LogP contribution in [0.1, 0.15) is 83.3 Å². The number of anilines is 2. The summed E-state index contributed by atoms with van der Waals surface area (Å²) in [6.07, 6.45) is 17.8. The highest BCUT2D eigenvalue weighted by Gasteiger charge is 2.24. The van der Waals surface area contributed by atoms with Gasteiger partial charge in [0.1, 0.15) is 0 Å². The van der Waals surface area contributed by atoms with Crippen LogP contribution in [0.5, 0.6) is 0 Å². The Labute approximate surface area is 244 Å². The Morgan fingerprint density at radius 2 is 1.71 bits per heavy atom. The Hall–Kier alpha value is -3.62. The van der Waals surface area contributed by atoms with Crippen LogP contribution in [0.4, 0.5) is 11.6 Å². The molecule has 1 saturated carbocycles. The van der Waals surface area contributed by atoms with E-state index in [2.05, 4.69) is 68.4 Å². The van der Waals surface area contributed by atoms with Gasteiger partial charge in [0.25, 0.3) is 0 Å². The molecule has 1 aromatic carbocycles. The van der Waals surface area contributed by atoms with Crippen molar-refractivity contribution in [3.8, 4) is 0 Å². The fourth-order valence-corrected chi connectivity index (χ4v) is 5.89. The van der Waals surface area contributed by atoms with Crippen molar-refractivity contribution in [3.63, 3.8) is 0 Å². The van der Waals surface area contributed by atoms with Gasteiger partial charge in [0, 0.05) is 68.8 Å². The molecule has 9 heteroatoms. The second-order valence-corrected chi connectivity index (χ2v) is 11.6. The zero-order valence-corrected chi connectivity index (χ0v) is 25.2. The second kappa shape index (κ2) is 13.8. The van der Waals surface area contributed by atoms with Crippen LogP contribution in [0.25, 0.3) is 16.7 Å². The number of allylic oxidation sites excluding steroid dienone is 1. The third-order valence-electron chi connectivity index (χ3n) is 8.66. The minimum Gasteiger partial charge on any atom is -0.371 e. The van der Waals surface area contributed by atoms with Crippen molar-refractivity contribution in [2.45, 2.75) is 84.6 Å². The monoisotopic (exact) mass is 555 g/mol. The molecule has 1 aliphatic carbocycles. The molecule has 2 aliphatic rings. The number of hydrogen-bond acceptors (Lipinski definition) is 8. The molecule has 3 aromatic rings. The normalized spacial score (nSPS) is 20.3. The predicted molar refractivity (Wildman–Crippen MR) is 167 cm³/mol. The summed E-state index contributed by atoms with van der Waals surface area (Å²) in [5, 5.41) is 14.2. The molecule has 2 fully saturated rings. The molecule has 2 aromatic heterocycles. The molecular weight excluding hydrogens is 510 g/mol. The quantitative estimate of drug-likeness (QED) is 0.211. The minimum absolute atomic E-state index is 0.388. The molecule has 0 radical (unpaired) electrons. The maximum Gasteiger partial charge on any atom is 0.222 e. The van der Waals surface area contributed by atoms with E-state index >= 15 is 0 Å². The SMILES string of the molecule is CC/C(C)=C(/N=NN(C)CC)c1cnc(NC2CCC(Cc3cc(N4CCCCC4)cc4nccnc34)CC2)nc1. The van der Waals surface area contributed by atoms with Gasteiger partial charge in [-0.1, -0.05) is 12.1 Å². The Balaban J connectivity index is 1.20. The Morgan fingerprint density at radius 3 is 2.41 bits per heavy atom. The molecule has 0 atom stereocenters. The van der Waals surface area contributed by atoms with E-state index in [1.807, 2.05) is 36.8 Å². The first-order chi connectivity index (χ1) is 20.0. The maximum atomic E-state index is 4.74. The topological polar surface area (TPSA) is 94.8 Å². The van der Waals surface area contributed by atoms with E-state index in [0.717, 1.165) is 67.6 Å². The molecule has 5 rings (SSSR count). The van der Waals surface area contributed by atoms with Gasteiger partial charge in [-0.25, -0.2) is 9.97 Å². The summed E-state index contributed by atoms with van der Waals surface area (Å²) >= 11 is 0. The van der Waals surface area contributed by atoms with Gasteiger partial charge in [0.05, 0.1) is 16.7 Å². The third kappa shape index (κ3) is 7.37. The predicted octanol–water partition coefficient (Wildman–Crippen LogP) is 7.08. The van der Waals surface area contributed by atoms with Gasteiger partial charge < -0.3 is 10.2 Å². The molecule has 0 amide bonds. The fourth-order valence-electron chi connectivity index (χ4n) is 5.89.